The van der Waals surface area contributed by atoms with Crippen LogP contribution in [-0.4, -0.2) is 0 Å². The van der Waals surface area contributed by atoms with Crippen molar-refractivity contribution in [3.8, 4) is 39.4 Å². The molecule has 2 aromatic heterocycles. The van der Waals surface area contributed by atoms with Crippen molar-refractivity contribution in [2.24, 2.45) is 0 Å². The van der Waals surface area contributed by atoms with Crippen molar-refractivity contribution in [3.05, 3.63) is 125 Å². The molecule has 0 unspecified atom stereocenters. The summed E-state index contributed by atoms with van der Waals surface area (Å²) in [5, 5.41) is 12.7. The van der Waals surface area contributed by atoms with E-state index in [9.17, 15) is 5.26 Å². The molecule has 0 aliphatic heterocycles. The van der Waals surface area contributed by atoms with Crippen LogP contribution in [0.15, 0.2) is 106 Å². The molecular formula is C40H27NO2. The minimum Gasteiger partial charge on any atom is -0.456 e. The third-order valence-corrected chi connectivity index (χ3v) is 9.60. The van der Waals surface area contributed by atoms with Gasteiger partial charge in [0.05, 0.1) is 17.2 Å². The Morgan fingerprint density at radius 1 is 0.698 bits per heavy atom. The lowest BCUT2D eigenvalue weighted by atomic mass is 9.80. The van der Waals surface area contributed by atoms with Gasteiger partial charge in [0.2, 0.25) is 0 Å². The van der Waals surface area contributed by atoms with Gasteiger partial charge in [0, 0.05) is 27.1 Å². The molecule has 2 heterocycles. The molecule has 204 valence electrons. The summed E-state index contributed by atoms with van der Waals surface area (Å²) in [6, 6.07) is 34.3. The fourth-order valence-electron chi connectivity index (χ4n) is 7.36. The highest BCUT2D eigenvalue weighted by Crippen LogP contribution is 2.52. The van der Waals surface area contributed by atoms with Crippen LogP contribution in [0.2, 0.25) is 0 Å². The van der Waals surface area contributed by atoms with Gasteiger partial charge in [-0.2, -0.15) is 5.26 Å². The van der Waals surface area contributed by atoms with E-state index in [0.717, 1.165) is 68.4 Å². The number of nitriles is 1. The summed E-state index contributed by atoms with van der Waals surface area (Å²) >= 11 is 0. The van der Waals surface area contributed by atoms with Gasteiger partial charge in [0.1, 0.15) is 22.5 Å². The van der Waals surface area contributed by atoms with E-state index in [4.69, 9.17) is 8.83 Å². The van der Waals surface area contributed by atoms with Gasteiger partial charge >= 0.3 is 0 Å². The number of hydrogen-bond donors (Lipinski definition) is 0. The number of rotatable bonds is 2. The number of benzene rings is 5. The molecule has 43 heavy (non-hydrogen) atoms. The summed E-state index contributed by atoms with van der Waals surface area (Å²) in [5.41, 5.74) is 14.0. The lowest BCUT2D eigenvalue weighted by Gasteiger charge is -2.22. The molecule has 3 heteroatoms. The molecule has 7 aromatic rings. The third-order valence-electron chi connectivity index (χ3n) is 9.60. The number of aryl methyl sites for hydroxylation is 1. The summed E-state index contributed by atoms with van der Waals surface area (Å²) in [5.74, 6) is 0.962. The van der Waals surface area contributed by atoms with Gasteiger partial charge in [-0.05, 0) is 94.3 Å². The molecule has 0 fully saturated rings. The summed E-state index contributed by atoms with van der Waals surface area (Å²) in [6.45, 7) is 4.63. The smallest absolute Gasteiger partial charge is 0.147 e. The molecule has 9 rings (SSSR count). The minimum absolute atomic E-state index is 0.199. The SMILES string of the molecule is CC1(C)c2cc(-c3ccc(C#N)cc3)ccc2-c2ccc(-c3c4oc5c(c4cc4c3oc3ccccc34)CCC=C5)cc21. The number of furan rings is 2. The van der Waals surface area contributed by atoms with Gasteiger partial charge in [-0.3, -0.25) is 0 Å². The second kappa shape index (κ2) is 8.60. The van der Waals surface area contributed by atoms with Crippen molar-refractivity contribution < 1.29 is 8.83 Å². The van der Waals surface area contributed by atoms with Crippen LogP contribution in [0.1, 0.15) is 48.3 Å². The molecule has 0 saturated carbocycles. The monoisotopic (exact) mass is 553 g/mol. The molecule has 0 amide bonds. The lowest BCUT2D eigenvalue weighted by molar-refractivity contribution is 0.595. The van der Waals surface area contributed by atoms with Gasteiger partial charge in [-0.25, -0.2) is 0 Å². The second-order valence-electron chi connectivity index (χ2n) is 12.3. The zero-order chi connectivity index (χ0) is 28.9. The topological polar surface area (TPSA) is 50.1 Å². The first-order chi connectivity index (χ1) is 21.0. The Morgan fingerprint density at radius 3 is 2.19 bits per heavy atom. The molecule has 2 aliphatic carbocycles. The predicted octanol–water partition coefficient (Wildman–Crippen LogP) is 10.8. The minimum atomic E-state index is -0.199. The fraction of sp³-hybridized carbons (Fsp3) is 0.125. The first-order valence-electron chi connectivity index (χ1n) is 14.9. The van der Waals surface area contributed by atoms with E-state index in [1.807, 2.05) is 36.4 Å². The van der Waals surface area contributed by atoms with Crippen molar-refractivity contribution >= 4 is 39.0 Å². The Balaban J connectivity index is 1.26. The average Bonchev–Trinajstić information content (AvgIpc) is 3.67. The summed E-state index contributed by atoms with van der Waals surface area (Å²) in [6.07, 6.45) is 6.33. The van der Waals surface area contributed by atoms with Crippen molar-refractivity contribution in [2.45, 2.75) is 32.1 Å². The van der Waals surface area contributed by atoms with Crippen molar-refractivity contribution in [2.75, 3.05) is 0 Å². The summed E-state index contributed by atoms with van der Waals surface area (Å²) in [4.78, 5) is 0. The molecule has 0 saturated heterocycles. The van der Waals surface area contributed by atoms with Crippen LogP contribution in [0.25, 0.3) is 72.4 Å². The molecule has 2 aliphatic rings. The third kappa shape index (κ3) is 3.35. The van der Waals surface area contributed by atoms with E-state index in [1.165, 1.54) is 33.2 Å². The van der Waals surface area contributed by atoms with E-state index < -0.39 is 0 Å². The van der Waals surface area contributed by atoms with Crippen LogP contribution in [-0.2, 0) is 11.8 Å². The fourth-order valence-corrected chi connectivity index (χ4v) is 7.36. The first kappa shape index (κ1) is 24.3. The molecule has 0 radical (unpaired) electrons. The van der Waals surface area contributed by atoms with Gasteiger partial charge < -0.3 is 8.83 Å². The molecule has 0 atom stereocenters. The van der Waals surface area contributed by atoms with Gasteiger partial charge in [0.25, 0.3) is 0 Å². The van der Waals surface area contributed by atoms with Crippen LogP contribution in [0.5, 0.6) is 0 Å². The van der Waals surface area contributed by atoms with Crippen LogP contribution in [0.3, 0.4) is 0 Å². The molecular weight excluding hydrogens is 526 g/mol. The Hall–Kier alpha value is -5.33. The van der Waals surface area contributed by atoms with E-state index in [0.29, 0.717) is 5.56 Å². The molecule has 0 bridgehead atoms. The predicted molar refractivity (Wildman–Crippen MR) is 174 cm³/mol. The van der Waals surface area contributed by atoms with Crippen molar-refractivity contribution in [1.29, 1.82) is 5.26 Å². The largest absolute Gasteiger partial charge is 0.456 e. The zero-order valence-electron chi connectivity index (χ0n) is 24.0. The highest BCUT2D eigenvalue weighted by Gasteiger charge is 2.36. The molecule has 5 aromatic carbocycles. The first-order valence-corrected chi connectivity index (χ1v) is 14.9. The van der Waals surface area contributed by atoms with Gasteiger partial charge in [-0.15, -0.1) is 0 Å². The lowest BCUT2D eigenvalue weighted by Crippen LogP contribution is -2.15. The zero-order valence-corrected chi connectivity index (χ0v) is 24.0. The Labute approximate surface area is 249 Å². The molecule has 0 N–H and O–H groups in total. The summed E-state index contributed by atoms with van der Waals surface area (Å²) < 4.78 is 13.2. The maximum atomic E-state index is 9.23. The van der Waals surface area contributed by atoms with E-state index in [2.05, 4.69) is 86.7 Å². The highest BCUT2D eigenvalue weighted by molar-refractivity contribution is 6.18. The number of allylic oxidation sites excluding steroid dienone is 1. The Morgan fingerprint density at radius 2 is 1.40 bits per heavy atom. The normalized spacial score (nSPS) is 14.6. The van der Waals surface area contributed by atoms with E-state index >= 15 is 0 Å². The summed E-state index contributed by atoms with van der Waals surface area (Å²) in [7, 11) is 0. The maximum absolute atomic E-state index is 9.23. The van der Waals surface area contributed by atoms with Crippen LogP contribution < -0.4 is 0 Å². The number of fused-ring (bicyclic) bond motifs is 9. The quantitative estimate of drug-likeness (QED) is 0.214. The van der Waals surface area contributed by atoms with Crippen LogP contribution in [0.4, 0.5) is 0 Å². The Bertz CT molecular complexity index is 2370. The molecule has 3 nitrogen and oxygen atoms in total. The number of nitrogens with zero attached hydrogens (tertiary/aromatic N) is 1. The Kier molecular flexibility index (Phi) is 4.86. The van der Waals surface area contributed by atoms with E-state index in [1.54, 1.807) is 0 Å². The van der Waals surface area contributed by atoms with Crippen molar-refractivity contribution in [3.63, 3.8) is 0 Å². The average molecular weight is 554 g/mol. The van der Waals surface area contributed by atoms with E-state index in [-0.39, 0.29) is 5.41 Å². The standard InChI is InChI=1S/C40H27NO2/c1-40(2)33-19-25(24-13-11-23(22-41)12-14-24)15-17-27(33)28-18-16-26(20-34(28)40)37-38-31(29-7-3-5-9-35(29)42-38)21-32-30-8-4-6-10-36(30)43-39(32)37/h3,5-7,9-21H,4,8H2,1-2H3. The molecule has 0 spiro atoms. The number of para-hydroxylation sites is 1. The number of hydrogen-bond acceptors (Lipinski definition) is 3. The van der Waals surface area contributed by atoms with Crippen LogP contribution >= 0.6 is 0 Å². The maximum Gasteiger partial charge on any atom is 0.147 e. The van der Waals surface area contributed by atoms with Gasteiger partial charge in [-0.1, -0.05) is 74.5 Å². The van der Waals surface area contributed by atoms with Gasteiger partial charge in [0.15, 0.2) is 0 Å². The van der Waals surface area contributed by atoms with Crippen molar-refractivity contribution in [1.82, 2.24) is 0 Å². The highest BCUT2D eigenvalue weighted by atomic mass is 16.3. The van der Waals surface area contributed by atoms with Crippen LogP contribution in [0, 0.1) is 11.3 Å². The second-order valence-corrected chi connectivity index (χ2v) is 12.3.